The van der Waals surface area contributed by atoms with Crippen molar-refractivity contribution in [2.45, 2.75) is 43.9 Å². The van der Waals surface area contributed by atoms with Gasteiger partial charge >= 0.3 is 0 Å². The van der Waals surface area contributed by atoms with Crippen molar-refractivity contribution in [3.8, 4) is 0 Å². The zero-order chi connectivity index (χ0) is 25.7. The number of hydrogen-bond acceptors (Lipinski definition) is 7. The van der Waals surface area contributed by atoms with Gasteiger partial charge in [-0.3, -0.25) is 39.3 Å². The minimum Gasteiger partial charge on any atom is -0.385 e. The maximum absolute atomic E-state index is 13.2. The zero-order valence-corrected chi connectivity index (χ0v) is 20.1. The number of piperidine rings is 2. The zero-order valence-electron chi connectivity index (χ0n) is 20.1. The quantitative estimate of drug-likeness (QED) is 0.529. The number of likely N-dealkylation sites (tertiary alicyclic amines) is 1. The highest BCUT2D eigenvalue weighted by Crippen LogP contribution is 2.37. The highest BCUT2D eigenvalue weighted by molar-refractivity contribution is 6.23. The minimum atomic E-state index is -1.13. The maximum atomic E-state index is 13.2. The predicted molar refractivity (Wildman–Crippen MR) is 133 cm³/mol. The van der Waals surface area contributed by atoms with Gasteiger partial charge in [0.05, 0.1) is 22.2 Å². The van der Waals surface area contributed by atoms with Crippen LogP contribution in [0.3, 0.4) is 0 Å². The molecule has 2 aromatic carbocycles. The molecule has 3 aliphatic heterocycles. The summed E-state index contributed by atoms with van der Waals surface area (Å²) in [6.45, 7) is 2.08. The Kier molecular flexibility index (Phi) is 5.62. The molecule has 37 heavy (non-hydrogen) atoms. The number of carbonyl (C=O) groups excluding carboxylic acids is 4. The van der Waals surface area contributed by atoms with Gasteiger partial charge in [0.25, 0.3) is 11.8 Å². The van der Waals surface area contributed by atoms with Crippen LogP contribution in [0.15, 0.2) is 54.7 Å². The fourth-order valence-corrected chi connectivity index (χ4v) is 5.66. The third-order valence-electron chi connectivity index (χ3n) is 7.79. The molecule has 1 unspecified atom stereocenters. The summed E-state index contributed by atoms with van der Waals surface area (Å²) in [7, 11) is 0. The van der Waals surface area contributed by atoms with Gasteiger partial charge in [0.2, 0.25) is 11.8 Å². The summed E-state index contributed by atoms with van der Waals surface area (Å²) in [6.07, 6.45) is 2.95. The largest absolute Gasteiger partial charge is 0.385 e. The van der Waals surface area contributed by atoms with Crippen LogP contribution in [0.4, 0.5) is 0 Å². The molecule has 3 aliphatic rings. The number of nitrogens with one attached hydrogen (secondary N) is 1. The van der Waals surface area contributed by atoms with Gasteiger partial charge in [-0.05, 0) is 54.7 Å². The third kappa shape index (κ3) is 4.00. The molecule has 0 aliphatic carbocycles. The lowest BCUT2D eigenvalue weighted by Gasteiger charge is -2.38. The highest BCUT2D eigenvalue weighted by atomic mass is 16.3. The maximum Gasteiger partial charge on any atom is 0.262 e. The second-order valence-corrected chi connectivity index (χ2v) is 10.0. The molecule has 1 aromatic heterocycles. The van der Waals surface area contributed by atoms with Crippen molar-refractivity contribution in [1.82, 2.24) is 20.1 Å². The normalized spacial score (nSPS) is 21.9. The van der Waals surface area contributed by atoms with Crippen LogP contribution < -0.4 is 5.32 Å². The van der Waals surface area contributed by atoms with Crippen LogP contribution in [0.5, 0.6) is 0 Å². The van der Waals surface area contributed by atoms with Crippen molar-refractivity contribution in [3.05, 3.63) is 77.0 Å². The average Bonchev–Trinajstić information content (AvgIpc) is 3.15. The summed E-state index contributed by atoms with van der Waals surface area (Å²) in [5.41, 5.74) is 2.00. The van der Waals surface area contributed by atoms with Crippen LogP contribution in [-0.2, 0) is 21.7 Å². The topological polar surface area (TPSA) is 120 Å². The number of hydrogen-bond donors (Lipinski definition) is 2. The third-order valence-corrected chi connectivity index (χ3v) is 7.79. The van der Waals surface area contributed by atoms with Crippen molar-refractivity contribution < 1.29 is 24.3 Å². The molecular formula is C28H26N4O5. The van der Waals surface area contributed by atoms with E-state index in [1.807, 2.05) is 30.5 Å². The molecule has 0 radical (unpaired) electrons. The van der Waals surface area contributed by atoms with Crippen molar-refractivity contribution in [2.24, 2.45) is 0 Å². The van der Waals surface area contributed by atoms with Gasteiger partial charge < -0.3 is 5.11 Å². The molecule has 4 amide bonds. The molecular weight excluding hydrogens is 472 g/mol. The van der Waals surface area contributed by atoms with Crippen LogP contribution in [0.1, 0.15) is 57.5 Å². The van der Waals surface area contributed by atoms with Crippen LogP contribution >= 0.6 is 0 Å². The SMILES string of the molecule is O=C1CCC(N2C(=O)c3ccc(C4(O)CCN(Cc5ccnc6ccccc56)CC4)cc3C2=O)C(=O)N1. The van der Waals surface area contributed by atoms with Crippen LogP contribution in [0.2, 0.25) is 0 Å². The fraction of sp³-hybridized carbons (Fsp3) is 0.321. The van der Waals surface area contributed by atoms with E-state index in [2.05, 4.69) is 21.3 Å². The van der Waals surface area contributed by atoms with E-state index in [0.717, 1.165) is 22.3 Å². The first-order valence-corrected chi connectivity index (χ1v) is 12.5. The van der Waals surface area contributed by atoms with Crippen LogP contribution in [0, 0.1) is 0 Å². The molecule has 0 spiro atoms. The number of fused-ring (bicyclic) bond motifs is 2. The number of carbonyl (C=O) groups is 4. The molecule has 1 atom stereocenters. The number of aromatic nitrogens is 1. The van der Waals surface area contributed by atoms with E-state index in [9.17, 15) is 24.3 Å². The molecule has 6 rings (SSSR count). The van der Waals surface area contributed by atoms with E-state index in [-0.39, 0.29) is 24.0 Å². The Hall–Kier alpha value is -3.95. The predicted octanol–water partition coefficient (Wildman–Crippen LogP) is 2.12. The number of rotatable bonds is 4. The lowest BCUT2D eigenvalue weighted by molar-refractivity contribution is -0.136. The first-order chi connectivity index (χ1) is 17.8. The summed E-state index contributed by atoms with van der Waals surface area (Å²) in [5, 5.41) is 14.8. The Morgan fingerprint density at radius 1 is 0.973 bits per heavy atom. The number of para-hydroxylation sites is 1. The molecule has 2 saturated heterocycles. The second-order valence-electron chi connectivity index (χ2n) is 10.0. The van der Waals surface area contributed by atoms with Crippen molar-refractivity contribution in [3.63, 3.8) is 0 Å². The van der Waals surface area contributed by atoms with E-state index in [1.165, 1.54) is 5.56 Å². The molecule has 2 fully saturated rings. The van der Waals surface area contributed by atoms with E-state index in [4.69, 9.17) is 0 Å². The van der Waals surface area contributed by atoms with E-state index < -0.39 is 35.3 Å². The molecule has 0 saturated carbocycles. The van der Waals surface area contributed by atoms with E-state index in [0.29, 0.717) is 31.5 Å². The van der Waals surface area contributed by atoms with Gasteiger partial charge in [-0.15, -0.1) is 0 Å². The highest BCUT2D eigenvalue weighted by Gasteiger charge is 2.45. The van der Waals surface area contributed by atoms with Crippen LogP contribution in [0.25, 0.3) is 10.9 Å². The average molecular weight is 499 g/mol. The molecule has 9 nitrogen and oxygen atoms in total. The molecule has 4 heterocycles. The second kappa shape index (κ2) is 8.86. The van der Waals surface area contributed by atoms with E-state index >= 15 is 0 Å². The lowest BCUT2D eigenvalue weighted by atomic mass is 9.83. The Balaban J connectivity index is 1.18. The first-order valence-electron chi connectivity index (χ1n) is 12.5. The summed E-state index contributed by atoms with van der Waals surface area (Å²) in [5.74, 6) is -2.17. The lowest BCUT2D eigenvalue weighted by Crippen LogP contribution is -2.54. The first kappa shape index (κ1) is 23.4. The van der Waals surface area contributed by atoms with Gasteiger partial charge in [0.15, 0.2) is 0 Å². The number of imide groups is 2. The molecule has 188 valence electrons. The number of benzene rings is 2. The van der Waals surface area contributed by atoms with Crippen molar-refractivity contribution >= 4 is 34.5 Å². The number of amides is 4. The molecule has 2 N–H and O–H groups in total. The van der Waals surface area contributed by atoms with Gasteiger partial charge in [-0.1, -0.05) is 24.3 Å². The van der Waals surface area contributed by atoms with Gasteiger partial charge in [0.1, 0.15) is 6.04 Å². The fourth-order valence-electron chi connectivity index (χ4n) is 5.66. The van der Waals surface area contributed by atoms with E-state index in [1.54, 1.807) is 18.2 Å². The number of nitrogens with zero attached hydrogens (tertiary/aromatic N) is 3. The smallest absolute Gasteiger partial charge is 0.262 e. The Bertz CT molecular complexity index is 1450. The van der Waals surface area contributed by atoms with Gasteiger partial charge in [-0.25, -0.2) is 0 Å². The van der Waals surface area contributed by atoms with Gasteiger partial charge in [-0.2, -0.15) is 0 Å². The molecule has 3 aromatic rings. The minimum absolute atomic E-state index is 0.0700. The number of pyridine rings is 1. The summed E-state index contributed by atoms with van der Waals surface area (Å²) in [6, 6.07) is 13.9. The molecule has 9 heteroatoms. The summed E-state index contributed by atoms with van der Waals surface area (Å²) < 4.78 is 0. The monoisotopic (exact) mass is 498 g/mol. The van der Waals surface area contributed by atoms with Gasteiger partial charge in [0, 0.05) is 37.6 Å². The Morgan fingerprint density at radius 2 is 1.73 bits per heavy atom. The van der Waals surface area contributed by atoms with Crippen molar-refractivity contribution in [2.75, 3.05) is 13.1 Å². The summed E-state index contributed by atoms with van der Waals surface area (Å²) in [4.78, 5) is 57.6. The Morgan fingerprint density at radius 3 is 2.51 bits per heavy atom. The van der Waals surface area contributed by atoms with Crippen LogP contribution in [-0.4, -0.2) is 62.7 Å². The number of aliphatic hydroxyl groups is 1. The van der Waals surface area contributed by atoms with Crippen molar-refractivity contribution in [1.29, 1.82) is 0 Å². The molecule has 0 bridgehead atoms. The summed E-state index contributed by atoms with van der Waals surface area (Å²) >= 11 is 0. The standard InChI is InChI=1S/C28H26N4O5/c33-24-8-7-23(25(34)30-24)32-26(35)20-6-5-18(15-21(20)27(32)36)28(37)10-13-31(14-11-28)16-17-9-12-29-22-4-2-1-3-19(17)22/h1-6,9,12,15,23,37H,7-8,10-11,13-14,16H2,(H,30,33,34). The Labute approximate surface area is 213 Å².